The molecule has 0 unspecified atom stereocenters. The van der Waals surface area contributed by atoms with Crippen LogP contribution in [0, 0.1) is 0 Å². The number of aromatic nitrogens is 4. The monoisotopic (exact) mass is 604 g/mol. The van der Waals surface area contributed by atoms with E-state index in [1.54, 1.807) is 0 Å². The topological polar surface area (TPSA) is 67.1 Å². The first-order chi connectivity index (χ1) is 21.6. The molecule has 0 saturated carbocycles. The minimum atomic E-state index is 0.734. The molecule has 2 aliphatic rings. The van der Waals surface area contributed by atoms with E-state index >= 15 is 0 Å². The molecule has 0 N–H and O–H groups in total. The van der Waals surface area contributed by atoms with Crippen molar-refractivity contribution in [3.8, 4) is 0 Å². The minimum Gasteiger partial charge on any atom is -0.380 e. The average molecular weight is 605 g/mol. The van der Waals surface area contributed by atoms with Crippen LogP contribution in [0.2, 0.25) is 0 Å². The number of fused-ring (bicyclic) bond motifs is 2. The Bertz CT molecular complexity index is 1330. The molecule has 0 amide bonds. The molecular weight excluding hydrogens is 552 g/mol. The number of ether oxygens (including phenoxy) is 2. The van der Waals surface area contributed by atoms with Gasteiger partial charge in [0, 0.05) is 65.6 Å². The molecule has 0 bridgehead atoms. The van der Waals surface area contributed by atoms with Crippen LogP contribution >= 0.6 is 0 Å². The predicted octanol–water partition coefficient (Wildman–Crippen LogP) is 4.43. The first-order valence-electron chi connectivity index (χ1n) is 16.5. The lowest BCUT2D eigenvalue weighted by molar-refractivity contribution is 0.140. The summed E-state index contributed by atoms with van der Waals surface area (Å²) in [5.74, 6) is 2.19. The summed E-state index contributed by atoms with van der Waals surface area (Å²) in [4.78, 5) is 19.4. The van der Waals surface area contributed by atoms with E-state index in [1.165, 1.54) is 23.9 Å². The quantitative estimate of drug-likeness (QED) is 0.247. The van der Waals surface area contributed by atoms with Gasteiger partial charge in [-0.05, 0) is 78.1 Å². The van der Waals surface area contributed by atoms with Gasteiger partial charge in [-0.15, -0.1) is 0 Å². The Morgan fingerprint density at radius 3 is 1.43 bits per heavy atom. The highest BCUT2D eigenvalue weighted by atomic mass is 16.5. The summed E-state index contributed by atoms with van der Waals surface area (Å²) in [5, 5.41) is 0. The van der Waals surface area contributed by atoms with Crippen molar-refractivity contribution in [1.82, 2.24) is 28.9 Å². The largest absolute Gasteiger partial charge is 0.380 e. The number of para-hydroxylation sites is 4. The van der Waals surface area contributed by atoms with Crippen molar-refractivity contribution in [2.45, 2.75) is 39.8 Å². The van der Waals surface area contributed by atoms with Gasteiger partial charge in [-0.3, -0.25) is 0 Å². The lowest BCUT2D eigenvalue weighted by Gasteiger charge is -2.23. The second kappa shape index (κ2) is 16.2. The molecule has 44 heavy (non-hydrogen) atoms. The summed E-state index contributed by atoms with van der Waals surface area (Å²) in [6, 6.07) is 16.8. The lowest BCUT2D eigenvalue weighted by Crippen LogP contribution is -2.31. The van der Waals surface area contributed by atoms with Crippen LogP contribution in [0.15, 0.2) is 48.5 Å². The van der Waals surface area contributed by atoms with E-state index in [-0.39, 0.29) is 0 Å². The van der Waals surface area contributed by atoms with Gasteiger partial charge in [-0.1, -0.05) is 24.3 Å². The number of imidazole rings is 2. The van der Waals surface area contributed by atoms with Gasteiger partial charge < -0.3 is 38.2 Å². The van der Waals surface area contributed by atoms with Crippen LogP contribution in [0.5, 0.6) is 0 Å². The highest BCUT2D eigenvalue weighted by Crippen LogP contribution is 2.25. The molecule has 10 heteroatoms. The Labute approximate surface area is 263 Å². The van der Waals surface area contributed by atoms with Crippen molar-refractivity contribution in [1.29, 1.82) is 0 Å². The molecule has 4 heterocycles. The summed E-state index contributed by atoms with van der Waals surface area (Å²) < 4.78 is 15.8. The Kier molecular flexibility index (Phi) is 11.9. The normalized spacial score (nSPS) is 17.1. The van der Waals surface area contributed by atoms with Gasteiger partial charge in [0.1, 0.15) is 0 Å². The summed E-state index contributed by atoms with van der Waals surface area (Å²) >= 11 is 0. The molecule has 240 valence electrons. The molecule has 0 spiro atoms. The van der Waals surface area contributed by atoms with Crippen LogP contribution in [-0.4, -0.2) is 122 Å². The van der Waals surface area contributed by atoms with Gasteiger partial charge in [-0.25, -0.2) is 9.97 Å². The summed E-state index contributed by atoms with van der Waals surface area (Å²) in [7, 11) is 4.39. The molecule has 0 aliphatic carbocycles. The molecule has 2 aliphatic heterocycles. The number of rotatable bonds is 10. The molecule has 2 fully saturated rings. The van der Waals surface area contributed by atoms with Crippen molar-refractivity contribution in [3.63, 3.8) is 0 Å². The smallest absolute Gasteiger partial charge is 0.206 e. The van der Waals surface area contributed by atoms with Crippen molar-refractivity contribution in [2.24, 2.45) is 0 Å². The van der Waals surface area contributed by atoms with E-state index in [2.05, 4.69) is 91.4 Å². The number of hydrogen-bond acceptors (Lipinski definition) is 8. The second-order valence-electron chi connectivity index (χ2n) is 11.8. The SMILES string of the molecule is CCOCCn1c(N2CCCN(C)CC2)nc2ccccc21.CCOCCn1c(N2CCCN(C)CC2)nc2ccccc21. The zero-order chi connectivity index (χ0) is 30.7. The van der Waals surface area contributed by atoms with Gasteiger partial charge in [0.25, 0.3) is 0 Å². The number of anilines is 2. The van der Waals surface area contributed by atoms with Gasteiger partial charge >= 0.3 is 0 Å². The number of benzene rings is 2. The Hall–Kier alpha value is -3.18. The average Bonchev–Trinajstić information content (AvgIpc) is 3.40. The third kappa shape index (κ3) is 8.10. The summed E-state index contributed by atoms with van der Waals surface area (Å²) in [6.07, 6.45) is 2.37. The maximum absolute atomic E-state index is 5.56. The number of hydrogen-bond donors (Lipinski definition) is 0. The maximum atomic E-state index is 5.56. The second-order valence-corrected chi connectivity index (χ2v) is 11.8. The van der Waals surface area contributed by atoms with Gasteiger partial charge in [-0.2, -0.15) is 0 Å². The fourth-order valence-electron chi connectivity index (χ4n) is 6.14. The molecule has 2 saturated heterocycles. The van der Waals surface area contributed by atoms with E-state index in [0.717, 1.165) is 115 Å². The van der Waals surface area contributed by atoms with E-state index in [1.807, 2.05) is 13.8 Å². The number of likely N-dealkylation sites (N-methyl/N-ethyl adjacent to an activating group) is 2. The van der Waals surface area contributed by atoms with E-state index in [9.17, 15) is 0 Å². The standard InChI is InChI=1S/2C17H26N4O/c2*1-3-22-14-13-21-16-8-5-4-7-15(16)18-17(21)20-10-6-9-19(2)11-12-20/h2*4-5,7-8H,3,6,9-14H2,1-2H3. The van der Waals surface area contributed by atoms with Crippen LogP contribution in [0.3, 0.4) is 0 Å². The fourth-order valence-corrected chi connectivity index (χ4v) is 6.14. The molecule has 2 aromatic carbocycles. The fraction of sp³-hybridized carbons (Fsp3) is 0.588. The van der Waals surface area contributed by atoms with Gasteiger partial charge in [0.2, 0.25) is 11.9 Å². The van der Waals surface area contributed by atoms with Crippen LogP contribution in [0.4, 0.5) is 11.9 Å². The van der Waals surface area contributed by atoms with Crippen LogP contribution in [-0.2, 0) is 22.6 Å². The molecule has 4 aromatic rings. The van der Waals surface area contributed by atoms with E-state index < -0.39 is 0 Å². The Morgan fingerprint density at radius 1 is 0.568 bits per heavy atom. The zero-order valence-electron chi connectivity index (χ0n) is 27.3. The van der Waals surface area contributed by atoms with E-state index in [4.69, 9.17) is 19.4 Å². The van der Waals surface area contributed by atoms with E-state index in [0.29, 0.717) is 0 Å². The van der Waals surface area contributed by atoms with Crippen LogP contribution in [0.25, 0.3) is 22.1 Å². The Morgan fingerprint density at radius 2 is 1.00 bits per heavy atom. The molecule has 0 radical (unpaired) electrons. The van der Waals surface area contributed by atoms with Crippen molar-refractivity contribution in [2.75, 3.05) is 103 Å². The molecule has 2 aromatic heterocycles. The Balaban J connectivity index is 0.000000175. The third-order valence-electron chi connectivity index (χ3n) is 8.60. The minimum absolute atomic E-state index is 0.734. The third-order valence-corrected chi connectivity index (χ3v) is 8.60. The molecule has 10 nitrogen and oxygen atoms in total. The highest BCUT2D eigenvalue weighted by Gasteiger charge is 2.21. The van der Waals surface area contributed by atoms with Crippen molar-refractivity contribution < 1.29 is 9.47 Å². The first-order valence-corrected chi connectivity index (χ1v) is 16.5. The summed E-state index contributed by atoms with van der Waals surface area (Å²) in [6.45, 7) is 17.5. The predicted molar refractivity (Wildman–Crippen MR) is 181 cm³/mol. The lowest BCUT2D eigenvalue weighted by atomic mass is 10.3. The maximum Gasteiger partial charge on any atom is 0.206 e. The van der Waals surface area contributed by atoms with Crippen LogP contribution in [0.1, 0.15) is 26.7 Å². The van der Waals surface area contributed by atoms with Crippen molar-refractivity contribution >= 4 is 34.0 Å². The van der Waals surface area contributed by atoms with Gasteiger partial charge in [0.15, 0.2) is 0 Å². The highest BCUT2D eigenvalue weighted by molar-refractivity contribution is 5.79. The zero-order valence-corrected chi connectivity index (χ0v) is 27.3. The molecule has 0 atom stereocenters. The molecule has 6 rings (SSSR count). The number of nitrogens with zero attached hydrogens (tertiary/aromatic N) is 8. The van der Waals surface area contributed by atoms with Crippen molar-refractivity contribution in [3.05, 3.63) is 48.5 Å². The first kappa shape index (κ1) is 32.2. The van der Waals surface area contributed by atoms with Gasteiger partial charge in [0.05, 0.1) is 35.3 Å². The summed E-state index contributed by atoms with van der Waals surface area (Å²) in [5.41, 5.74) is 4.56. The molecular formula is C34H52N8O2. The van der Waals surface area contributed by atoms with Crippen LogP contribution < -0.4 is 9.80 Å².